The first-order chi connectivity index (χ1) is 16.7. The van der Waals surface area contributed by atoms with Crippen LogP contribution in [0.15, 0.2) is 94.6 Å². The van der Waals surface area contributed by atoms with Gasteiger partial charge in [-0.3, -0.25) is 19.0 Å². The molecule has 0 aliphatic carbocycles. The monoisotopic (exact) mass is 452 g/mol. The van der Waals surface area contributed by atoms with E-state index in [0.29, 0.717) is 6.54 Å². The molecule has 1 aliphatic rings. The maximum atomic E-state index is 13.7. The van der Waals surface area contributed by atoms with Gasteiger partial charge in [-0.05, 0) is 48.5 Å². The molecule has 1 aliphatic heterocycles. The molecule has 7 heteroatoms. The van der Waals surface area contributed by atoms with Crippen LogP contribution < -0.4 is 11.0 Å². The van der Waals surface area contributed by atoms with Gasteiger partial charge in [-0.2, -0.15) is 0 Å². The van der Waals surface area contributed by atoms with Crippen molar-refractivity contribution < 1.29 is 0 Å². The number of hydrogen-bond donors (Lipinski definition) is 1. The summed E-state index contributed by atoms with van der Waals surface area (Å²) in [5.41, 5.74) is 5.48. The van der Waals surface area contributed by atoms with Gasteiger partial charge < -0.3 is 5.32 Å². The number of pyridine rings is 1. The molecule has 0 unspecified atom stereocenters. The summed E-state index contributed by atoms with van der Waals surface area (Å²) in [5, 5.41) is 3.01. The van der Waals surface area contributed by atoms with Gasteiger partial charge in [-0.25, -0.2) is 9.78 Å². The van der Waals surface area contributed by atoms with Crippen molar-refractivity contribution in [2.75, 3.05) is 26.7 Å². The molecule has 1 N–H and O–H groups in total. The van der Waals surface area contributed by atoms with Gasteiger partial charge in [0.15, 0.2) is 5.65 Å². The highest BCUT2D eigenvalue weighted by Gasteiger charge is 2.29. The molecule has 0 saturated carbocycles. The lowest BCUT2D eigenvalue weighted by Gasteiger charge is -2.16. The number of aromatic nitrogens is 3. The molecule has 1 saturated heterocycles. The van der Waals surface area contributed by atoms with Crippen molar-refractivity contribution in [2.24, 2.45) is 4.99 Å². The van der Waals surface area contributed by atoms with Crippen molar-refractivity contribution in [2.45, 2.75) is 12.5 Å². The maximum absolute atomic E-state index is 13.7. The predicted octanol–water partition coefficient (Wildman–Crippen LogP) is 3.86. The van der Waals surface area contributed by atoms with E-state index in [1.165, 1.54) is 0 Å². The van der Waals surface area contributed by atoms with E-state index in [9.17, 15) is 4.79 Å². The molecule has 2 aromatic heterocycles. The van der Waals surface area contributed by atoms with Gasteiger partial charge in [0.05, 0.1) is 22.9 Å². The van der Waals surface area contributed by atoms with Crippen molar-refractivity contribution in [3.8, 4) is 16.8 Å². The molecular weight excluding hydrogens is 424 g/mol. The molecule has 172 valence electrons. The molecule has 34 heavy (non-hydrogen) atoms. The fraction of sp³-hybridized carbons (Fsp3) is 0.222. The van der Waals surface area contributed by atoms with Crippen LogP contribution in [0.2, 0.25) is 0 Å². The number of benzene rings is 2. The van der Waals surface area contributed by atoms with Crippen LogP contribution in [0.3, 0.4) is 0 Å². The molecule has 4 aromatic rings. The van der Waals surface area contributed by atoms with Crippen LogP contribution in [0.25, 0.3) is 28.0 Å². The van der Waals surface area contributed by atoms with E-state index in [1.54, 1.807) is 10.8 Å². The third kappa shape index (κ3) is 4.06. The topological polar surface area (TPSA) is 67.5 Å². The van der Waals surface area contributed by atoms with Crippen molar-refractivity contribution in [3.63, 3.8) is 0 Å². The first-order valence-corrected chi connectivity index (χ1v) is 11.5. The average Bonchev–Trinajstić information content (AvgIpc) is 3.45. The molecule has 0 amide bonds. The fourth-order valence-electron chi connectivity index (χ4n) is 4.77. The normalized spacial score (nSPS) is 16.7. The minimum Gasteiger partial charge on any atom is -0.392 e. The molecular formula is C27H28N6O. The minimum absolute atomic E-state index is 0.0513. The van der Waals surface area contributed by atoms with Crippen LogP contribution in [-0.4, -0.2) is 52.4 Å². The van der Waals surface area contributed by atoms with E-state index < -0.39 is 0 Å². The lowest BCUT2D eigenvalue weighted by molar-refractivity contribution is 0.348. The van der Waals surface area contributed by atoms with Gasteiger partial charge >= 0.3 is 5.69 Å². The first kappa shape index (κ1) is 21.9. The Hall–Kier alpha value is -3.97. The zero-order chi connectivity index (χ0) is 23.5. The molecule has 1 atom stereocenters. The first-order valence-electron chi connectivity index (χ1n) is 11.5. The summed E-state index contributed by atoms with van der Waals surface area (Å²) >= 11 is 0. The second kappa shape index (κ2) is 9.49. The van der Waals surface area contributed by atoms with Crippen molar-refractivity contribution >= 4 is 17.9 Å². The third-order valence-corrected chi connectivity index (χ3v) is 6.38. The summed E-state index contributed by atoms with van der Waals surface area (Å²) in [7, 11) is 1.85. The number of rotatable bonds is 7. The Balaban J connectivity index is 1.49. The van der Waals surface area contributed by atoms with Crippen molar-refractivity contribution in [1.82, 2.24) is 24.3 Å². The quantitative estimate of drug-likeness (QED) is 0.433. The number of nitrogens with one attached hydrogen (secondary N) is 1. The van der Waals surface area contributed by atoms with E-state index in [4.69, 9.17) is 0 Å². The Bertz CT molecular complexity index is 1380. The number of imidazole rings is 1. The molecule has 0 radical (unpaired) electrons. The zero-order valence-corrected chi connectivity index (χ0v) is 19.3. The summed E-state index contributed by atoms with van der Waals surface area (Å²) in [5.74, 6) is 0. The lowest BCUT2D eigenvalue weighted by atomic mass is 10.1. The number of aliphatic imine (C=N–C) groups is 1. The SMILES string of the molecule is C=N/C(=C\NC)CN1CC[C@H](n2c(=O)n(-c3ccc(-c4ccccc4)cc3)c3cccnc32)C1. The molecule has 0 bridgehead atoms. The van der Waals surface area contributed by atoms with Crippen LogP contribution in [0.5, 0.6) is 0 Å². The standard InChI is InChI=1S/C27H28N6O/c1-28-17-22(29-2)18-31-16-14-24(19-31)33-26-25(9-6-15-30-26)32(27(33)34)23-12-10-21(11-13-23)20-7-4-3-5-8-20/h3-13,15,17,24,28H,2,14,16,18-19H2,1H3/b22-17-/t24-/m0/s1. The van der Waals surface area contributed by atoms with Crippen LogP contribution in [-0.2, 0) is 0 Å². The van der Waals surface area contributed by atoms with Crippen LogP contribution >= 0.6 is 0 Å². The summed E-state index contributed by atoms with van der Waals surface area (Å²) in [6.07, 6.45) is 4.49. The predicted molar refractivity (Wildman–Crippen MR) is 138 cm³/mol. The summed E-state index contributed by atoms with van der Waals surface area (Å²) in [6, 6.07) is 22.3. The fourth-order valence-corrected chi connectivity index (χ4v) is 4.77. The maximum Gasteiger partial charge on any atom is 0.335 e. The highest BCUT2D eigenvalue weighted by atomic mass is 16.2. The third-order valence-electron chi connectivity index (χ3n) is 6.38. The molecule has 3 heterocycles. The Kier molecular flexibility index (Phi) is 6.10. The Morgan fingerprint density at radius 2 is 1.88 bits per heavy atom. The van der Waals surface area contributed by atoms with Crippen LogP contribution in [0, 0.1) is 0 Å². The number of likely N-dealkylation sites (tertiary alicyclic amines) is 1. The minimum atomic E-state index is -0.0548. The van der Waals surface area contributed by atoms with Crippen molar-refractivity contribution in [3.05, 3.63) is 95.3 Å². The Morgan fingerprint density at radius 1 is 1.12 bits per heavy atom. The second-order valence-corrected chi connectivity index (χ2v) is 8.51. The van der Waals surface area contributed by atoms with Gasteiger partial charge in [-0.15, -0.1) is 0 Å². The second-order valence-electron chi connectivity index (χ2n) is 8.51. The summed E-state index contributed by atoms with van der Waals surface area (Å²) in [4.78, 5) is 24.7. The molecule has 1 fully saturated rings. The number of nitrogens with zero attached hydrogens (tertiary/aromatic N) is 5. The van der Waals surface area contributed by atoms with Gasteiger partial charge in [0.25, 0.3) is 0 Å². The summed E-state index contributed by atoms with van der Waals surface area (Å²) in [6.45, 7) is 6.01. The van der Waals surface area contributed by atoms with Gasteiger partial charge in [-0.1, -0.05) is 42.5 Å². The van der Waals surface area contributed by atoms with E-state index in [0.717, 1.165) is 53.2 Å². The average molecular weight is 453 g/mol. The molecule has 5 rings (SSSR count). The summed E-state index contributed by atoms with van der Waals surface area (Å²) < 4.78 is 3.64. The van der Waals surface area contributed by atoms with Crippen LogP contribution in [0.4, 0.5) is 0 Å². The number of fused-ring (bicyclic) bond motifs is 1. The van der Waals surface area contributed by atoms with E-state index in [2.05, 4.69) is 51.2 Å². The smallest absolute Gasteiger partial charge is 0.335 e. The van der Waals surface area contributed by atoms with Gasteiger partial charge in [0, 0.05) is 39.1 Å². The highest BCUT2D eigenvalue weighted by molar-refractivity contribution is 5.75. The molecule has 0 spiro atoms. The zero-order valence-electron chi connectivity index (χ0n) is 19.3. The lowest BCUT2D eigenvalue weighted by Crippen LogP contribution is -2.30. The highest BCUT2D eigenvalue weighted by Crippen LogP contribution is 2.27. The van der Waals surface area contributed by atoms with Crippen molar-refractivity contribution in [1.29, 1.82) is 0 Å². The van der Waals surface area contributed by atoms with Gasteiger partial charge in [0.2, 0.25) is 0 Å². The molecule has 2 aromatic carbocycles. The Morgan fingerprint density at radius 3 is 2.62 bits per heavy atom. The largest absolute Gasteiger partial charge is 0.392 e. The van der Waals surface area contributed by atoms with Gasteiger partial charge in [0.1, 0.15) is 0 Å². The Labute approximate surface area is 198 Å². The van der Waals surface area contributed by atoms with E-state index in [-0.39, 0.29) is 11.7 Å². The van der Waals surface area contributed by atoms with E-state index >= 15 is 0 Å². The van der Waals surface area contributed by atoms with E-state index in [1.807, 2.05) is 60.3 Å². The number of hydrogen-bond acceptors (Lipinski definition) is 5. The molecule has 7 nitrogen and oxygen atoms in total. The van der Waals surface area contributed by atoms with Crippen LogP contribution in [0.1, 0.15) is 12.5 Å².